The summed E-state index contributed by atoms with van der Waals surface area (Å²) in [7, 11) is 0. The Morgan fingerprint density at radius 2 is 2.32 bits per heavy atom. The van der Waals surface area contributed by atoms with Gasteiger partial charge in [-0.15, -0.1) is 11.3 Å². The number of halogens is 1. The van der Waals surface area contributed by atoms with Crippen LogP contribution in [0.5, 0.6) is 0 Å². The molecule has 96 valence electrons. The summed E-state index contributed by atoms with van der Waals surface area (Å²) < 4.78 is 1.29. The highest BCUT2D eigenvalue weighted by molar-refractivity contribution is 7.16. The van der Waals surface area contributed by atoms with Gasteiger partial charge in [-0.05, 0) is 16.4 Å². The first-order valence-corrected chi connectivity index (χ1v) is 6.33. The van der Waals surface area contributed by atoms with Crippen molar-refractivity contribution in [2.24, 2.45) is 0 Å². The van der Waals surface area contributed by atoms with Gasteiger partial charge in [-0.3, -0.25) is 0 Å². The Kier molecular flexibility index (Phi) is 2.84. The van der Waals surface area contributed by atoms with Gasteiger partial charge in [0.15, 0.2) is 5.82 Å². The van der Waals surface area contributed by atoms with Crippen molar-refractivity contribution in [3.05, 3.63) is 38.9 Å². The average molecular weight is 297 g/mol. The second-order valence-corrected chi connectivity index (χ2v) is 4.82. The minimum Gasteiger partial charge on any atom is -0.390 e. The lowest BCUT2D eigenvalue weighted by Crippen LogP contribution is -2.05. The fourth-order valence-electron chi connectivity index (χ4n) is 1.52. The molecule has 0 aromatic carbocycles. The maximum Gasteiger partial charge on any atom is 0.490 e. The molecule has 19 heavy (non-hydrogen) atoms. The molecule has 0 saturated heterocycles. The molecule has 0 amide bonds. The number of aromatic nitrogens is 5. The van der Waals surface area contributed by atoms with Gasteiger partial charge in [0.25, 0.3) is 0 Å². The zero-order chi connectivity index (χ0) is 13.4. The lowest BCUT2D eigenvalue weighted by Gasteiger charge is -1.99. The van der Waals surface area contributed by atoms with E-state index in [4.69, 9.17) is 11.6 Å². The predicted molar refractivity (Wildman–Crippen MR) is 68.2 cm³/mol. The van der Waals surface area contributed by atoms with E-state index in [0.29, 0.717) is 11.0 Å². The third-order valence-electron chi connectivity index (χ3n) is 2.32. The number of fused-ring (bicyclic) bond motifs is 1. The van der Waals surface area contributed by atoms with E-state index in [-0.39, 0.29) is 6.54 Å². The van der Waals surface area contributed by atoms with Crippen molar-refractivity contribution in [3.63, 3.8) is 0 Å². The number of hydrogen-bond donors (Lipinski definition) is 0. The van der Waals surface area contributed by atoms with E-state index in [1.54, 1.807) is 0 Å². The molecule has 0 aliphatic heterocycles. The van der Waals surface area contributed by atoms with Crippen LogP contribution in [-0.4, -0.2) is 29.7 Å². The molecule has 0 unspecified atom stereocenters. The quantitative estimate of drug-likeness (QED) is 0.416. The smallest absolute Gasteiger partial charge is 0.390 e. The van der Waals surface area contributed by atoms with Gasteiger partial charge in [-0.25, -0.2) is 9.97 Å². The van der Waals surface area contributed by atoms with Crippen molar-refractivity contribution in [1.82, 2.24) is 24.7 Å². The summed E-state index contributed by atoms with van der Waals surface area (Å²) in [5.74, 6) is -0.0250. The Morgan fingerprint density at radius 1 is 1.47 bits per heavy atom. The molecule has 3 heterocycles. The van der Waals surface area contributed by atoms with E-state index in [2.05, 4.69) is 20.1 Å². The fourth-order valence-corrected chi connectivity index (χ4v) is 2.61. The summed E-state index contributed by atoms with van der Waals surface area (Å²) in [5.41, 5.74) is 0. The molecule has 3 aromatic rings. The summed E-state index contributed by atoms with van der Waals surface area (Å²) in [4.78, 5) is 22.6. The minimum atomic E-state index is -0.660. The van der Waals surface area contributed by atoms with E-state index in [0.717, 1.165) is 10.2 Å². The van der Waals surface area contributed by atoms with Gasteiger partial charge < -0.3 is 10.1 Å². The average Bonchev–Trinajstić information content (AvgIpc) is 2.97. The molecule has 10 heteroatoms. The largest absolute Gasteiger partial charge is 0.490 e. The molecule has 0 spiro atoms. The van der Waals surface area contributed by atoms with E-state index in [1.807, 2.05) is 11.4 Å². The van der Waals surface area contributed by atoms with Gasteiger partial charge in [0.2, 0.25) is 6.33 Å². The van der Waals surface area contributed by atoms with Crippen LogP contribution in [-0.2, 0) is 6.54 Å². The summed E-state index contributed by atoms with van der Waals surface area (Å²) in [6, 6.07) is 1.84. The van der Waals surface area contributed by atoms with Gasteiger partial charge in [0.1, 0.15) is 16.5 Å². The Labute approximate surface area is 114 Å². The molecule has 0 bridgehead atoms. The van der Waals surface area contributed by atoms with Crippen LogP contribution in [0.15, 0.2) is 17.8 Å². The van der Waals surface area contributed by atoms with Crippen LogP contribution in [0.25, 0.3) is 10.2 Å². The van der Waals surface area contributed by atoms with Crippen LogP contribution < -0.4 is 0 Å². The van der Waals surface area contributed by atoms with Crippen LogP contribution in [0.2, 0.25) is 5.15 Å². The second-order valence-electron chi connectivity index (χ2n) is 3.57. The monoisotopic (exact) mass is 296 g/mol. The number of hydrogen-bond acceptors (Lipinski definition) is 7. The molecular weight excluding hydrogens is 292 g/mol. The predicted octanol–water partition coefficient (Wildman–Crippen LogP) is 1.89. The zero-order valence-electron chi connectivity index (χ0n) is 9.23. The Hall–Kier alpha value is -2.13. The maximum absolute atomic E-state index is 10.5. The molecule has 0 N–H and O–H groups in total. The molecule has 3 rings (SSSR count). The molecule has 0 saturated carbocycles. The van der Waals surface area contributed by atoms with E-state index < -0.39 is 10.9 Å². The normalized spacial score (nSPS) is 11.0. The van der Waals surface area contributed by atoms with Crippen molar-refractivity contribution in [1.29, 1.82) is 0 Å². The number of thiophene rings is 1. The first kappa shape index (κ1) is 11.9. The fraction of sp³-hybridized carbons (Fsp3) is 0.111. The molecular formula is C9H5ClN6O2S. The summed E-state index contributed by atoms with van der Waals surface area (Å²) in [6.07, 6.45) is 1.26. The summed E-state index contributed by atoms with van der Waals surface area (Å²) >= 11 is 7.47. The van der Waals surface area contributed by atoms with Gasteiger partial charge in [-0.2, -0.15) is 4.68 Å². The number of nitrogens with zero attached hydrogens (tertiary/aromatic N) is 6. The topological polar surface area (TPSA) is 99.6 Å². The number of nitro groups is 1. The van der Waals surface area contributed by atoms with Crippen LogP contribution in [0.4, 0.5) is 5.95 Å². The van der Waals surface area contributed by atoms with Crippen LogP contribution in [0.3, 0.4) is 0 Å². The summed E-state index contributed by atoms with van der Waals surface area (Å²) in [5, 5.41) is 17.2. The zero-order valence-corrected chi connectivity index (χ0v) is 10.8. The Balaban J connectivity index is 1.93. The third kappa shape index (κ3) is 2.25. The van der Waals surface area contributed by atoms with Crippen molar-refractivity contribution < 1.29 is 4.92 Å². The van der Waals surface area contributed by atoms with Gasteiger partial charge in [-0.1, -0.05) is 16.6 Å². The van der Waals surface area contributed by atoms with Crippen LogP contribution in [0.1, 0.15) is 5.82 Å². The second kappa shape index (κ2) is 4.52. The van der Waals surface area contributed by atoms with E-state index >= 15 is 0 Å². The first-order chi connectivity index (χ1) is 9.13. The van der Waals surface area contributed by atoms with Crippen LogP contribution >= 0.6 is 22.9 Å². The van der Waals surface area contributed by atoms with Crippen LogP contribution in [0, 0.1) is 10.1 Å². The molecule has 0 aliphatic carbocycles. The van der Waals surface area contributed by atoms with E-state index in [9.17, 15) is 10.1 Å². The van der Waals surface area contributed by atoms with Crippen molar-refractivity contribution in [3.8, 4) is 0 Å². The molecule has 3 aromatic heterocycles. The molecule has 0 fully saturated rings. The minimum absolute atomic E-state index is 0.175. The van der Waals surface area contributed by atoms with Crippen molar-refractivity contribution in [2.45, 2.75) is 6.54 Å². The lowest BCUT2D eigenvalue weighted by atomic mass is 10.4. The van der Waals surface area contributed by atoms with E-state index in [1.165, 1.54) is 22.3 Å². The molecule has 0 atom stereocenters. The first-order valence-electron chi connectivity index (χ1n) is 5.07. The molecule has 0 radical (unpaired) electrons. The van der Waals surface area contributed by atoms with Gasteiger partial charge in [0, 0.05) is 10.5 Å². The SMILES string of the molecule is O=[N+]([O-])c1ncn(Cc2nc(Cl)c3ccsc3n2)n1. The number of rotatable bonds is 3. The van der Waals surface area contributed by atoms with Crippen molar-refractivity contribution in [2.75, 3.05) is 0 Å². The van der Waals surface area contributed by atoms with Crippen molar-refractivity contribution >= 4 is 39.1 Å². The Bertz CT molecular complexity index is 769. The highest BCUT2D eigenvalue weighted by Gasteiger charge is 2.15. The van der Waals surface area contributed by atoms with Gasteiger partial charge >= 0.3 is 5.95 Å². The third-order valence-corrected chi connectivity index (χ3v) is 3.41. The van der Waals surface area contributed by atoms with Gasteiger partial charge in [0.05, 0.1) is 0 Å². The highest BCUT2D eigenvalue weighted by Crippen LogP contribution is 2.24. The lowest BCUT2D eigenvalue weighted by molar-refractivity contribution is -0.394. The standard InChI is InChI=1S/C9H5ClN6O2S/c10-7-5-1-2-19-8(5)13-6(12-7)3-15-4-11-9(14-15)16(17)18/h1-2,4H,3H2. The molecule has 8 nitrogen and oxygen atoms in total. The Morgan fingerprint density at radius 3 is 3.05 bits per heavy atom. The molecule has 0 aliphatic rings. The summed E-state index contributed by atoms with van der Waals surface area (Å²) in [6.45, 7) is 0.175. The highest BCUT2D eigenvalue weighted by atomic mass is 35.5. The maximum atomic E-state index is 10.5.